The lowest BCUT2D eigenvalue weighted by atomic mass is 10.2. The molecule has 0 saturated carbocycles. The van der Waals surface area contributed by atoms with Gasteiger partial charge in [0.05, 0.1) is 0 Å². The first kappa shape index (κ1) is 17.8. The minimum Gasteiger partial charge on any atom is -0.330 e. The summed E-state index contributed by atoms with van der Waals surface area (Å²) in [5.41, 5.74) is 16.5. The van der Waals surface area contributed by atoms with E-state index in [0.29, 0.717) is 0 Å². The van der Waals surface area contributed by atoms with Crippen LogP contribution in [-0.2, 0) is 0 Å². The molecule has 18 heavy (non-hydrogen) atoms. The first-order chi connectivity index (χ1) is 8.85. The molecule has 0 spiro atoms. The van der Waals surface area contributed by atoms with Gasteiger partial charge in [0.25, 0.3) is 0 Å². The van der Waals surface area contributed by atoms with Crippen molar-refractivity contribution in [3.63, 3.8) is 0 Å². The molecule has 5 heteroatoms. The van der Waals surface area contributed by atoms with Crippen molar-refractivity contribution in [2.45, 2.75) is 32.1 Å². The van der Waals surface area contributed by atoms with E-state index < -0.39 is 0 Å². The molecule has 0 bridgehead atoms. The zero-order chi connectivity index (χ0) is 13.5. The molecule has 0 aromatic carbocycles. The maximum absolute atomic E-state index is 5.57. The Morgan fingerprint density at radius 1 is 0.611 bits per heavy atom. The van der Waals surface area contributed by atoms with Gasteiger partial charge in [0.1, 0.15) is 0 Å². The molecule has 0 aliphatic rings. The van der Waals surface area contributed by atoms with Crippen LogP contribution in [0.3, 0.4) is 0 Å². The van der Waals surface area contributed by atoms with Crippen LogP contribution in [0.4, 0.5) is 0 Å². The second-order valence-corrected chi connectivity index (χ2v) is 4.73. The fourth-order valence-electron chi connectivity index (χ4n) is 1.91. The fraction of sp³-hybridized carbons (Fsp3) is 1.00. The Morgan fingerprint density at radius 3 is 1.83 bits per heavy atom. The molecule has 0 saturated heterocycles. The standard InChI is InChI=1S/C13H33N5/c14-6-1-2-11-18(12-4-8-16)13-5-10-17-9-3-7-15/h17H,1-16H2. The summed E-state index contributed by atoms with van der Waals surface area (Å²) < 4.78 is 0. The van der Waals surface area contributed by atoms with Crippen molar-refractivity contribution in [2.75, 3.05) is 52.4 Å². The number of nitrogens with one attached hydrogen (secondary N) is 1. The highest BCUT2D eigenvalue weighted by Crippen LogP contribution is 1.98. The van der Waals surface area contributed by atoms with E-state index in [0.717, 1.165) is 71.6 Å². The van der Waals surface area contributed by atoms with Gasteiger partial charge in [0, 0.05) is 0 Å². The Labute approximate surface area is 112 Å². The molecule has 0 unspecified atom stereocenters. The van der Waals surface area contributed by atoms with Gasteiger partial charge in [0.15, 0.2) is 0 Å². The van der Waals surface area contributed by atoms with E-state index >= 15 is 0 Å². The van der Waals surface area contributed by atoms with E-state index in [4.69, 9.17) is 17.2 Å². The minimum atomic E-state index is 0.773. The molecule has 0 aliphatic heterocycles. The molecule has 0 aromatic rings. The molecule has 0 aromatic heterocycles. The molecule has 0 heterocycles. The number of hydrogen-bond acceptors (Lipinski definition) is 5. The number of hydrogen-bond donors (Lipinski definition) is 4. The van der Waals surface area contributed by atoms with Crippen molar-refractivity contribution in [2.24, 2.45) is 17.2 Å². The molecule has 0 rings (SSSR count). The first-order valence-electron chi connectivity index (χ1n) is 7.38. The maximum atomic E-state index is 5.57. The third-order valence-electron chi connectivity index (χ3n) is 2.99. The van der Waals surface area contributed by atoms with E-state index in [2.05, 4.69) is 10.2 Å². The minimum absolute atomic E-state index is 0.773. The van der Waals surface area contributed by atoms with Crippen LogP contribution < -0.4 is 22.5 Å². The van der Waals surface area contributed by atoms with Gasteiger partial charge < -0.3 is 27.4 Å². The highest BCUT2D eigenvalue weighted by Gasteiger charge is 2.03. The summed E-state index contributed by atoms with van der Waals surface area (Å²) in [5.74, 6) is 0. The summed E-state index contributed by atoms with van der Waals surface area (Å²) >= 11 is 0. The Hall–Kier alpha value is -0.200. The van der Waals surface area contributed by atoms with Crippen molar-refractivity contribution >= 4 is 0 Å². The monoisotopic (exact) mass is 259 g/mol. The van der Waals surface area contributed by atoms with Crippen molar-refractivity contribution < 1.29 is 0 Å². The van der Waals surface area contributed by atoms with Gasteiger partial charge in [-0.25, -0.2) is 0 Å². The summed E-state index contributed by atoms with van der Waals surface area (Å²) in [6.45, 7) is 7.88. The summed E-state index contributed by atoms with van der Waals surface area (Å²) in [5, 5.41) is 3.41. The van der Waals surface area contributed by atoms with E-state index in [1.807, 2.05) is 0 Å². The molecular formula is C13H33N5. The van der Waals surface area contributed by atoms with Crippen molar-refractivity contribution in [1.82, 2.24) is 10.2 Å². The Kier molecular flexibility index (Phi) is 14.7. The summed E-state index contributed by atoms with van der Waals surface area (Å²) in [4.78, 5) is 2.51. The SMILES string of the molecule is NCCCCN(CCCN)CCCNCCCN. The van der Waals surface area contributed by atoms with Gasteiger partial charge in [-0.05, 0) is 84.5 Å². The number of unbranched alkanes of at least 4 members (excludes halogenated alkanes) is 1. The molecule has 7 N–H and O–H groups in total. The van der Waals surface area contributed by atoms with Gasteiger partial charge in [-0.2, -0.15) is 0 Å². The lowest BCUT2D eigenvalue weighted by molar-refractivity contribution is 0.262. The van der Waals surface area contributed by atoms with Gasteiger partial charge in [-0.3, -0.25) is 0 Å². The van der Waals surface area contributed by atoms with Crippen LogP contribution >= 0.6 is 0 Å². The molecule has 0 radical (unpaired) electrons. The quantitative estimate of drug-likeness (QED) is 0.322. The predicted molar refractivity (Wildman–Crippen MR) is 79.6 cm³/mol. The van der Waals surface area contributed by atoms with E-state index in [-0.39, 0.29) is 0 Å². The second-order valence-electron chi connectivity index (χ2n) is 4.73. The summed E-state index contributed by atoms with van der Waals surface area (Å²) in [6, 6.07) is 0. The Balaban J connectivity index is 3.51. The second kappa shape index (κ2) is 14.9. The zero-order valence-corrected chi connectivity index (χ0v) is 11.9. The van der Waals surface area contributed by atoms with Crippen LogP contribution in [0.1, 0.15) is 32.1 Å². The van der Waals surface area contributed by atoms with Crippen LogP contribution in [0, 0.1) is 0 Å². The normalized spacial score (nSPS) is 11.3. The number of nitrogens with two attached hydrogens (primary N) is 3. The predicted octanol–water partition coefficient (Wildman–Crippen LogP) is -0.295. The van der Waals surface area contributed by atoms with Crippen molar-refractivity contribution in [3.05, 3.63) is 0 Å². The Bertz CT molecular complexity index is 154. The van der Waals surface area contributed by atoms with Crippen LogP contribution in [0.5, 0.6) is 0 Å². The molecule has 0 atom stereocenters. The van der Waals surface area contributed by atoms with Crippen molar-refractivity contribution in [3.8, 4) is 0 Å². The van der Waals surface area contributed by atoms with Crippen LogP contribution in [0.2, 0.25) is 0 Å². The lowest BCUT2D eigenvalue weighted by Crippen LogP contribution is -2.31. The third-order valence-corrected chi connectivity index (χ3v) is 2.99. The van der Waals surface area contributed by atoms with Gasteiger partial charge in [0.2, 0.25) is 0 Å². The van der Waals surface area contributed by atoms with Crippen LogP contribution in [-0.4, -0.2) is 57.3 Å². The lowest BCUT2D eigenvalue weighted by Gasteiger charge is -2.22. The van der Waals surface area contributed by atoms with Crippen molar-refractivity contribution in [1.29, 1.82) is 0 Å². The molecule has 0 fully saturated rings. The zero-order valence-electron chi connectivity index (χ0n) is 11.9. The van der Waals surface area contributed by atoms with Crippen LogP contribution in [0.15, 0.2) is 0 Å². The van der Waals surface area contributed by atoms with Gasteiger partial charge in [-0.15, -0.1) is 0 Å². The average Bonchev–Trinajstić information content (AvgIpc) is 2.39. The third kappa shape index (κ3) is 12.3. The molecular weight excluding hydrogens is 226 g/mol. The number of nitrogens with zero attached hydrogens (tertiary/aromatic N) is 1. The molecule has 110 valence electrons. The van der Waals surface area contributed by atoms with E-state index in [9.17, 15) is 0 Å². The van der Waals surface area contributed by atoms with Gasteiger partial charge >= 0.3 is 0 Å². The molecule has 5 nitrogen and oxygen atoms in total. The Morgan fingerprint density at radius 2 is 1.17 bits per heavy atom. The fourth-order valence-corrected chi connectivity index (χ4v) is 1.91. The number of rotatable bonds is 14. The summed E-state index contributed by atoms with van der Waals surface area (Å²) in [7, 11) is 0. The summed E-state index contributed by atoms with van der Waals surface area (Å²) in [6.07, 6.45) is 5.66. The maximum Gasteiger partial charge on any atom is -0.000663 e. The molecule has 0 aliphatic carbocycles. The topological polar surface area (TPSA) is 93.3 Å². The first-order valence-corrected chi connectivity index (χ1v) is 7.38. The highest BCUT2D eigenvalue weighted by atomic mass is 15.1. The van der Waals surface area contributed by atoms with Crippen LogP contribution in [0.25, 0.3) is 0 Å². The van der Waals surface area contributed by atoms with E-state index in [1.54, 1.807) is 0 Å². The highest BCUT2D eigenvalue weighted by molar-refractivity contribution is 4.61. The largest absolute Gasteiger partial charge is 0.330 e. The van der Waals surface area contributed by atoms with E-state index in [1.165, 1.54) is 12.8 Å². The average molecular weight is 259 g/mol. The smallest absolute Gasteiger partial charge is 0.000663 e. The van der Waals surface area contributed by atoms with Gasteiger partial charge in [-0.1, -0.05) is 0 Å². The molecule has 0 amide bonds.